The number of nitrogens with one attached hydrogen (secondary N) is 1. The lowest BCUT2D eigenvalue weighted by atomic mass is 10.1. The molecule has 2 aliphatic rings. The summed E-state index contributed by atoms with van der Waals surface area (Å²) in [5, 5.41) is 4.53. The lowest BCUT2D eigenvalue weighted by molar-refractivity contribution is 0.0102. The Kier molecular flexibility index (Phi) is 1.87. The van der Waals surface area contributed by atoms with Gasteiger partial charge in [-0.2, -0.15) is 5.01 Å². The average molecular weight is 223 g/mol. The van der Waals surface area contributed by atoms with E-state index >= 15 is 0 Å². The summed E-state index contributed by atoms with van der Waals surface area (Å²) in [6.07, 6.45) is 0.739. The SMILES string of the molecule is c1ccc(C2N[N@]3C(c4ccccc4)N23)cc1. The van der Waals surface area contributed by atoms with Gasteiger partial charge in [-0.1, -0.05) is 60.7 Å². The second-order valence-corrected chi connectivity index (χ2v) is 4.45. The molecule has 0 aliphatic carbocycles. The third-order valence-corrected chi connectivity index (χ3v) is 3.41. The van der Waals surface area contributed by atoms with E-state index in [1.165, 1.54) is 11.1 Å². The van der Waals surface area contributed by atoms with Gasteiger partial charge in [-0.05, 0) is 11.1 Å². The van der Waals surface area contributed by atoms with E-state index in [1.807, 2.05) is 0 Å². The van der Waals surface area contributed by atoms with Gasteiger partial charge >= 0.3 is 0 Å². The van der Waals surface area contributed by atoms with Crippen molar-refractivity contribution in [3.8, 4) is 0 Å². The molecule has 3 heteroatoms. The highest BCUT2D eigenvalue weighted by Gasteiger charge is 2.60. The second kappa shape index (κ2) is 3.40. The minimum atomic E-state index is 0.335. The molecule has 0 saturated carbocycles. The van der Waals surface area contributed by atoms with Crippen LogP contribution in [-0.2, 0) is 0 Å². The topological polar surface area (TPSA) is 18.0 Å². The van der Waals surface area contributed by atoms with Crippen molar-refractivity contribution in [2.75, 3.05) is 0 Å². The number of hydrogen-bond donors (Lipinski definition) is 1. The normalized spacial score (nSPS) is 33.6. The maximum Gasteiger partial charge on any atom is 0.134 e. The first-order valence-corrected chi connectivity index (χ1v) is 5.89. The minimum absolute atomic E-state index is 0.335. The summed E-state index contributed by atoms with van der Waals surface area (Å²) in [6.45, 7) is 0. The van der Waals surface area contributed by atoms with Gasteiger partial charge in [0.15, 0.2) is 0 Å². The molecule has 0 spiro atoms. The van der Waals surface area contributed by atoms with Gasteiger partial charge in [-0.3, -0.25) is 0 Å². The van der Waals surface area contributed by atoms with Crippen molar-refractivity contribution in [3.05, 3.63) is 71.8 Å². The smallest absolute Gasteiger partial charge is 0.134 e. The fraction of sp³-hybridized carbons (Fsp3) is 0.143. The molecule has 2 saturated heterocycles. The Hall–Kier alpha value is -1.68. The molecule has 3 unspecified atom stereocenters. The summed E-state index contributed by atoms with van der Waals surface area (Å²) in [6, 6.07) is 21.1. The Labute approximate surface area is 100 Å². The van der Waals surface area contributed by atoms with E-state index in [-0.39, 0.29) is 0 Å². The van der Waals surface area contributed by atoms with Crippen molar-refractivity contribution < 1.29 is 0 Å². The van der Waals surface area contributed by atoms with Crippen molar-refractivity contribution in [2.45, 2.75) is 12.3 Å². The van der Waals surface area contributed by atoms with Crippen LogP contribution in [0, 0.1) is 0 Å². The molecular formula is C14H13N3. The maximum atomic E-state index is 3.44. The third kappa shape index (κ3) is 1.34. The number of fused-ring (bicyclic) bond motifs is 1. The molecule has 2 aromatic carbocycles. The van der Waals surface area contributed by atoms with E-state index in [1.54, 1.807) is 0 Å². The standard InChI is InChI=1S/C14H13N3/c1-3-7-11(8-4-1)13-15-17-14(16(13)17)12-9-5-2-6-10-12/h1-10,13-15H/t13?,14?,16?,17-/m0/s1. The van der Waals surface area contributed by atoms with Gasteiger partial charge in [-0.25, -0.2) is 5.43 Å². The van der Waals surface area contributed by atoms with Crippen LogP contribution in [0.25, 0.3) is 0 Å². The van der Waals surface area contributed by atoms with Crippen molar-refractivity contribution >= 4 is 0 Å². The molecule has 2 aromatic rings. The van der Waals surface area contributed by atoms with Crippen LogP contribution in [0.5, 0.6) is 0 Å². The Bertz CT molecular complexity index is 484. The van der Waals surface area contributed by atoms with Crippen LogP contribution in [0.2, 0.25) is 0 Å². The second-order valence-electron chi connectivity index (χ2n) is 4.45. The van der Waals surface area contributed by atoms with Crippen LogP contribution in [-0.4, -0.2) is 10.1 Å². The van der Waals surface area contributed by atoms with Gasteiger partial charge in [0.2, 0.25) is 0 Å². The van der Waals surface area contributed by atoms with Gasteiger partial charge in [0.1, 0.15) is 12.3 Å². The zero-order valence-electron chi connectivity index (χ0n) is 9.32. The van der Waals surface area contributed by atoms with E-state index < -0.39 is 0 Å². The van der Waals surface area contributed by atoms with Gasteiger partial charge in [0.05, 0.1) is 0 Å². The molecule has 2 aliphatic heterocycles. The Morgan fingerprint density at radius 1 is 0.765 bits per heavy atom. The zero-order chi connectivity index (χ0) is 11.2. The number of benzene rings is 2. The van der Waals surface area contributed by atoms with Gasteiger partial charge in [0.25, 0.3) is 0 Å². The van der Waals surface area contributed by atoms with E-state index in [9.17, 15) is 0 Å². The Balaban J connectivity index is 1.57. The molecule has 0 radical (unpaired) electrons. The fourth-order valence-electron chi connectivity index (χ4n) is 2.50. The molecule has 0 bridgehead atoms. The molecule has 1 N–H and O–H groups in total. The first kappa shape index (κ1) is 9.36. The molecule has 4 atom stereocenters. The van der Waals surface area contributed by atoms with Crippen molar-refractivity contribution in [1.29, 1.82) is 0 Å². The largest absolute Gasteiger partial charge is 0.216 e. The van der Waals surface area contributed by atoms with E-state index in [0.717, 1.165) is 0 Å². The lowest BCUT2D eigenvalue weighted by Crippen LogP contribution is -2.44. The zero-order valence-corrected chi connectivity index (χ0v) is 9.32. The number of hydrogen-bond acceptors (Lipinski definition) is 3. The number of rotatable bonds is 2. The molecule has 84 valence electrons. The first-order chi connectivity index (χ1) is 8.45. The predicted octanol–water partition coefficient (Wildman–Crippen LogP) is 2.43. The first-order valence-electron chi connectivity index (χ1n) is 5.89. The summed E-state index contributed by atoms with van der Waals surface area (Å²) in [4.78, 5) is 0. The molecule has 3 nitrogen and oxygen atoms in total. The van der Waals surface area contributed by atoms with Gasteiger partial charge < -0.3 is 0 Å². The Morgan fingerprint density at radius 3 is 2.00 bits per heavy atom. The minimum Gasteiger partial charge on any atom is -0.216 e. The number of hydrazine groups is 2. The summed E-state index contributed by atoms with van der Waals surface area (Å²) >= 11 is 0. The molecule has 4 rings (SSSR count). The lowest BCUT2D eigenvalue weighted by Gasteiger charge is -2.28. The van der Waals surface area contributed by atoms with Crippen LogP contribution in [0.1, 0.15) is 23.5 Å². The van der Waals surface area contributed by atoms with Crippen LogP contribution < -0.4 is 5.43 Å². The quantitative estimate of drug-likeness (QED) is 0.789. The Morgan fingerprint density at radius 2 is 1.35 bits per heavy atom. The molecule has 2 fully saturated rings. The number of nitrogens with zero attached hydrogens (tertiary/aromatic N) is 2. The summed E-state index contributed by atoms with van der Waals surface area (Å²) < 4.78 is 0. The van der Waals surface area contributed by atoms with Gasteiger partial charge in [0, 0.05) is 0 Å². The average Bonchev–Trinajstić information content (AvgIpc) is 2.96. The van der Waals surface area contributed by atoms with E-state index in [0.29, 0.717) is 12.3 Å². The summed E-state index contributed by atoms with van der Waals surface area (Å²) in [5.41, 5.74) is 6.11. The molecular weight excluding hydrogens is 210 g/mol. The molecule has 2 heterocycles. The van der Waals surface area contributed by atoms with Gasteiger partial charge in [-0.15, -0.1) is 5.12 Å². The summed E-state index contributed by atoms with van der Waals surface area (Å²) in [5.74, 6) is 0. The monoisotopic (exact) mass is 223 g/mol. The third-order valence-electron chi connectivity index (χ3n) is 3.41. The van der Waals surface area contributed by atoms with Crippen LogP contribution in [0.15, 0.2) is 60.7 Å². The predicted molar refractivity (Wildman–Crippen MR) is 65.2 cm³/mol. The molecule has 0 aromatic heterocycles. The highest BCUT2D eigenvalue weighted by molar-refractivity contribution is 5.28. The highest BCUT2D eigenvalue weighted by Crippen LogP contribution is 2.52. The van der Waals surface area contributed by atoms with E-state index in [4.69, 9.17) is 0 Å². The van der Waals surface area contributed by atoms with Crippen molar-refractivity contribution in [3.63, 3.8) is 0 Å². The van der Waals surface area contributed by atoms with E-state index in [2.05, 4.69) is 76.2 Å². The molecule has 17 heavy (non-hydrogen) atoms. The fourth-order valence-corrected chi connectivity index (χ4v) is 2.50. The van der Waals surface area contributed by atoms with Crippen molar-refractivity contribution in [2.24, 2.45) is 0 Å². The van der Waals surface area contributed by atoms with Crippen molar-refractivity contribution in [1.82, 2.24) is 15.6 Å². The highest BCUT2D eigenvalue weighted by atomic mass is 16.1. The maximum absolute atomic E-state index is 3.44. The summed E-state index contributed by atoms with van der Waals surface area (Å²) in [7, 11) is 0. The van der Waals surface area contributed by atoms with Crippen LogP contribution in [0.3, 0.4) is 0 Å². The molecule has 0 amide bonds. The van der Waals surface area contributed by atoms with Crippen LogP contribution in [0.4, 0.5) is 0 Å². The van der Waals surface area contributed by atoms with Crippen LogP contribution >= 0.6 is 0 Å².